The predicted molar refractivity (Wildman–Crippen MR) is 34.3 cm³/mol. The first-order chi connectivity index (χ1) is 3.89. The van der Waals surface area contributed by atoms with E-state index in [-0.39, 0.29) is 5.92 Å². The van der Waals surface area contributed by atoms with Crippen molar-refractivity contribution in [2.45, 2.75) is 27.7 Å². The first-order valence-electron chi connectivity index (χ1n) is 3.10. The second-order valence-electron chi connectivity index (χ2n) is 3.16. The second kappa shape index (κ2) is 2.38. The van der Waals surface area contributed by atoms with Crippen molar-refractivity contribution < 1.29 is 9.90 Å². The smallest absolute Gasteiger partial charge is 0.247 e. The quantitative estimate of drug-likeness (QED) is 0.558. The Bertz CT molecular complexity index is 114. The molecule has 0 aliphatic carbocycles. The van der Waals surface area contributed by atoms with Gasteiger partial charge < -0.3 is 0 Å². The van der Waals surface area contributed by atoms with Crippen molar-refractivity contribution in [2.75, 3.05) is 0 Å². The van der Waals surface area contributed by atoms with Gasteiger partial charge in [0, 0.05) is 0 Å². The lowest BCUT2D eigenvalue weighted by molar-refractivity contribution is -0.156. The van der Waals surface area contributed by atoms with Crippen molar-refractivity contribution in [3.8, 4) is 0 Å². The molecule has 2 nitrogen and oxygen atoms in total. The molecule has 0 fully saturated rings. The van der Waals surface area contributed by atoms with Crippen LogP contribution in [0.25, 0.3) is 0 Å². The first-order valence-corrected chi connectivity index (χ1v) is 3.10. The molecule has 1 radical (unpaired) electrons. The summed E-state index contributed by atoms with van der Waals surface area (Å²) in [5, 5.41) is 10.4. The van der Waals surface area contributed by atoms with Gasteiger partial charge in [0.05, 0.1) is 5.41 Å². The Morgan fingerprint density at radius 3 is 1.67 bits per heavy atom. The monoisotopic (exact) mass is 129 g/mol. The Hall–Kier alpha value is -0.530. The maximum absolute atomic E-state index is 10.4. The van der Waals surface area contributed by atoms with Gasteiger partial charge in [-0.15, -0.1) is 0 Å². The lowest BCUT2D eigenvalue weighted by Crippen LogP contribution is -2.28. The average Bonchev–Trinajstić information content (AvgIpc) is 1.65. The molecule has 0 N–H and O–H groups in total. The SMILES string of the molecule is CC(C)C(C)(C)C([O])=O. The van der Waals surface area contributed by atoms with Gasteiger partial charge in [-0.25, -0.2) is 9.90 Å². The van der Waals surface area contributed by atoms with Gasteiger partial charge >= 0.3 is 5.97 Å². The molecule has 9 heavy (non-hydrogen) atoms. The molecule has 0 aliphatic rings. The van der Waals surface area contributed by atoms with Crippen LogP contribution in [0.4, 0.5) is 0 Å². The van der Waals surface area contributed by atoms with E-state index >= 15 is 0 Å². The maximum atomic E-state index is 10.4. The standard InChI is InChI=1S/C7H13O2/c1-5(2)7(3,4)6(8)9/h5H,1-4H3. The van der Waals surface area contributed by atoms with Gasteiger partial charge in [0.2, 0.25) is 0 Å². The third-order valence-electron chi connectivity index (χ3n) is 1.97. The lowest BCUT2D eigenvalue weighted by Gasteiger charge is -2.21. The molecule has 0 heterocycles. The molecule has 53 valence electrons. The summed E-state index contributed by atoms with van der Waals surface area (Å²) in [5.74, 6) is -0.847. The molecule has 0 bridgehead atoms. The summed E-state index contributed by atoms with van der Waals surface area (Å²) in [7, 11) is 0. The highest BCUT2D eigenvalue weighted by Crippen LogP contribution is 2.25. The molecule has 0 aliphatic heterocycles. The van der Waals surface area contributed by atoms with Crippen LogP contribution < -0.4 is 0 Å². The minimum atomic E-state index is -0.975. The fraction of sp³-hybridized carbons (Fsp3) is 0.857. The molecule has 0 unspecified atom stereocenters. The van der Waals surface area contributed by atoms with Gasteiger partial charge in [-0.3, -0.25) is 0 Å². The maximum Gasteiger partial charge on any atom is 0.361 e. The van der Waals surface area contributed by atoms with Crippen LogP contribution in [0.5, 0.6) is 0 Å². The van der Waals surface area contributed by atoms with Crippen LogP contribution >= 0.6 is 0 Å². The topological polar surface area (TPSA) is 37.0 Å². The Labute approximate surface area is 55.9 Å². The van der Waals surface area contributed by atoms with Crippen molar-refractivity contribution in [3.05, 3.63) is 0 Å². The zero-order valence-electron chi connectivity index (χ0n) is 6.39. The van der Waals surface area contributed by atoms with E-state index in [0.717, 1.165) is 0 Å². The van der Waals surface area contributed by atoms with Gasteiger partial charge in [-0.1, -0.05) is 13.8 Å². The highest BCUT2D eigenvalue weighted by molar-refractivity contribution is 5.73. The van der Waals surface area contributed by atoms with E-state index in [1.165, 1.54) is 0 Å². The molecule has 0 amide bonds. The van der Waals surface area contributed by atoms with Crippen LogP contribution in [0.2, 0.25) is 0 Å². The van der Waals surface area contributed by atoms with Gasteiger partial charge in [0.1, 0.15) is 0 Å². The van der Waals surface area contributed by atoms with Crippen molar-refractivity contribution in [1.29, 1.82) is 0 Å². The van der Waals surface area contributed by atoms with Crippen molar-refractivity contribution in [3.63, 3.8) is 0 Å². The van der Waals surface area contributed by atoms with Crippen LogP contribution in [0.15, 0.2) is 0 Å². The molecular weight excluding hydrogens is 116 g/mol. The summed E-state index contributed by atoms with van der Waals surface area (Å²) in [6.45, 7) is 7.09. The number of carbonyl (C=O) groups is 1. The van der Waals surface area contributed by atoms with Crippen molar-refractivity contribution in [2.24, 2.45) is 11.3 Å². The Balaban J connectivity index is 4.19. The highest BCUT2D eigenvalue weighted by atomic mass is 16.4. The Kier molecular flexibility index (Phi) is 2.24. The van der Waals surface area contributed by atoms with Crippen LogP contribution in [0, 0.1) is 11.3 Å². The van der Waals surface area contributed by atoms with E-state index < -0.39 is 11.4 Å². The number of carbonyl (C=O) groups excluding carboxylic acids is 1. The molecule has 0 spiro atoms. The van der Waals surface area contributed by atoms with E-state index in [9.17, 15) is 9.90 Å². The van der Waals surface area contributed by atoms with Gasteiger partial charge in [0.15, 0.2) is 0 Å². The van der Waals surface area contributed by atoms with Crippen molar-refractivity contribution >= 4 is 5.97 Å². The fourth-order valence-electron chi connectivity index (χ4n) is 0.236. The van der Waals surface area contributed by atoms with Crippen LogP contribution in [-0.2, 0) is 9.90 Å². The predicted octanol–water partition coefficient (Wildman–Crippen LogP) is 1.63. The molecule has 0 aromatic heterocycles. The summed E-state index contributed by atoms with van der Waals surface area (Å²) in [4.78, 5) is 10.4. The molecule has 0 saturated heterocycles. The summed E-state index contributed by atoms with van der Waals surface area (Å²) in [6.07, 6.45) is 0. The molecular formula is C7H13O2. The van der Waals surface area contributed by atoms with Gasteiger partial charge in [-0.05, 0) is 19.8 Å². The molecule has 0 aromatic rings. The third-order valence-corrected chi connectivity index (χ3v) is 1.97. The molecule has 0 atom stereocenters. The number of hydrogen-bond acceptors (Lipinski definition) is 1. The number of hydrogen-bond donors (Lipinski definition) is 0. The largest absolute Gasteiger partial charge is 0.361 e. The molecule has 2 heteroatoms. The van der Waals surface area contributed by atoms with Crippen LogP contribution in [0.3, 0.4) is 0 Å². The van der Waals surface area contributed by atoms with E-state index in [2.05, 4.69) is 0 Å². The summed E-state index contributed by atoms with van der Waals surface area (Å²) >= 11 is 0. The minimum absolute atomic E-state index is 0.127. The molecule has 0 aromatic carbocycles. The Morgan fingerprint density at radius 2 is 1.67 bits per heavy atom. The molecule has 0 rings (SSSR count). The van der Waals surface area contributed by atoms with E-state index in [0.29, 0.717) is 0 Å². The van der Waals surface area contributed by atoms with E-state index in [1.54, 1.807) is 13.8 Å². The average molecular weight is 129 g/mol. The zero-order valence-corrected chi connectivity index (χ0v) is 6.39. The summed E-state index contributed by atoms with van der Waals surface area (Å²) < 4.78 is 0. The third kappa shape index (κ3) is 1.70. The summed E-state index contributed by atoms with van der Waals surface area (Å²) in [6, 6.07) is 0. The lowest BCUT2D eigenvalue weighted by atomic mass is 9.81. The van der Waals surface area contributed by atoms with Gasteiger partial charge in [0.25, 0.3) is 0 Å². The van der Waals surface area contributed by atoms with Crippen LogP contribution in [-0.4, -0.2) is 5.97 Å². The van der Waals surface area contributed by atoms with E-state index in [1.807, 2.05) is 13.8 Å². The second-order valence-corrected chi connectivity index (χ2v) is 3.16. The minimum Gasteiger partial charge on any atom is -0.247 e. The Morgan fingerprint density at radius 1 is 1.33 bits per heavy atom. The first kappa shape index (κ1) is 8.47. The fourth-order valence-corrected chi connectivity index (χ4v) is 0.236. The normalized spacial score (nSPS) is 12.1. The van der Waals surface area contributed by atoms with E-state index in [4.69, 9.17) is 0 Å². The van der Waals surface area contributed by atoms with Crippen LogP contribution in [0.1, 0.15) is 27.7 Å². The van der Waals surface area contributed by atoms with Crippen molar-refractivity contribution in [1.82, 2.24) is 0 Å². The number of rotatable bonds is 2. The highest BCUT2D eigenvalue weighted by Gasteiger charge is 2.32. The zero-order chi connectivity index (χ0) is 7.65. The summed E-state index contributed by atoms with van der Waals surface area (Å²) in [5.41, 5.74) is -0.694. The van der Waals surface area contributed by atoms with Gasteiger partial charge in [-0.2, -0.15) is 0 Å². The molecule has 0 saturated carbocycles.